The summed E-state index contributed by atoms with van der Waals surface area (Å²) in [7, 11) is 4.02. The molecule has 0 saturated heterocycles. The minimum atomic E-state index is 0. The van der Waals surface area contributed by atoms with Gasteiger partial charge in [0.25, 0.3) is 0 Å². The molecule has 4 nitrogen and oxygen atoms in total. The number of aliphatic imine (C=N–C) groups is 1. The molecule has 1 aromatic rings. The lowest BCUT2D eigenvalue weighted by atomic mass is 10.1. The van der Waals surface area contributed by atoms with Crippen molar-refractivity contribution in [2.24, 2.45) is 4.99 Å². The van der Waals surface area contributed by atoms with Crippen LogP contribution in [0.3, 0.4) is 0 Å². The molecule has 0 spiro atoms. The standard InChI is InChI=1S/C20H36N4.HI/c1-16(2)24(6)12-8-7-10-22-20(21-5)23-11-9-19-14-17(3)13-18(4)15-19;/h13-16H,7-12H2,1-6H3,(H2,21,22,23);1H. The highest BCUT2D eigenvalue weighted by Crippen LogP contribution is 2.08. The van der Waals surface area contributed by atoms with Crippen molar-refractivity contribution < 1.29 is 0 Å². The van der Waals surface area contributed by atoms with E-state index in [0.717, 1.165) is 38.4 Å². The van der Waals surface area contributed by atoms with Gasteiger partial charge in [-0.2, -0.15) is 0 Å². The van der Waals surface area contributed by atoms with Gasteiger partial charge in [-0.15, -0.1) is 24.0 Å². The van der Waals surface area contributed by atoms with E-state index in [1.807, 2.05) is 7.05 Å². The number of nitrogens with one attached hydrogen (secondary N) is 2. The number of benzene rings is 1. The molecule has 0 fully saturated rings. The zero-order valence-electron chi connectivity index (χ0n) is 16.9. The quantitative estimate of drug-likeness (QED) is 0.255. The predicted molar refractivity (Wildman–Crippen MR) is 121 cm³/mol. The zero-order chi connectivity index (χ0) is 17.9. The largest absolute Gasteiger partial charge is 0.356 e. The van der Waals surface area contributed by atoms with Gasteiger partial charge in [-0.3, -0.25) is 4.99 Å². The predicted octanol–water partition coefficient (Wildman–Crippen LogP) is 3.75. The van der Waals surface area contributed by atoms with E-state index in [1.165, 1.54) is 23.1 Å². The molecule has 0 aromatic heterocycles. The molecule has 2 N–H and O–H groups in total. The lowest BCUT2D eigenvalue weighted by Gasteiger charge is -2.20. The molecule has 0 unspecified atom stereocenters. The lowest BCUT2D eigenvalue weighted by Crippen LogP contribution is -2.39. The van der Waals surface area contributed by atoms with E-state index in [9.17, 15) is 0 Å². The van der Waals surface area contributed by atoms with Crippen molar-refractivity contribution in [1.29, 1.82) is 0 Å². The molecule has 144 valence electrons. The number of guanidine groups is 1. The van der Waals surface area contributed by atoms with Crippen LogP contribution in [-0.2, 0) is 6.42 Å². The molecular weight excluding hydrogens is 423 g/mol. The number of unbranched alkanes of at least 4 members (excludes halogenated alkanes) is 1. The highest BCUT2D eigenvalue weighted by atomic mass is 127. The van der Waals surface area contributed by atoms with Gasteiger partial charge in [0, 0.05) is 26.2 Å². The van der Waals surface area contributed by atoms with Crippen molar-refractivity contribution in [3.05, 3.63) is 34.9 Å². The molecule has 0 amide bonds. The molecule has 0 atom stereocenters. The molecular formula is C20H37IN4. The number of halogens is 1. The van der Waals surface area contributed by atoms with Crippen LogP contribution < -0.4 is 10.6 Å². The van der Waals surface area contributed by atoms with E-state index in [1.54, 1.807) is 0 Å². The second kappa shape index (κ2) is 13.4. The maximum Gasteiger partial charge on any atom is 0.190 e. The smallest absolute Gasteiger partial charge is 0.190 e. The van der Waals surface area contributed by atoms with Gasteiger partial charge in [-0.25, -0.2) is 0 Å². The Morgan fingerprint density at radius 2 is 1.64 bits per heavy atom. The van der Waals surface area contributed by atoms with Crippen LogP contribution in [0.4, 0.5) is 0 Å². The maximum absolute atomic E-state index is 4.30. The second-order valence-electron chi connectivity index (χ2n) is 6.95. The third-order valence-electron chi connectivity index (χ3n) is 4.32. The van der Waals surface area contributed by atoms with Gasteiger partial charge >= 0.3 is 0 Å². The number of nitrogens with zero attached hydrogens (tertiary/aromatic N) is 2. The van der Waals surface area contributed by atoms with Gasteiger partial charge in [0.2, 0.25) is 0 Å². The molecule has 0 heterocycles. The minimum absolute atomic E-state index is 0. The van der Waals surface area contributed by atoms with Gasteiger partial charge in [0.1, 0.15) is 0 Å². The monoisotopic (exact) mass is 460 g/mol. The number of hydrogen-bond acceptors (Lipinski definition) is 2. The zero-order valence-corrected chi connectivity index (χ0v) is 19.2. The highest BCUT2D eigenvalue weighted by Gasteiger charge is 2.02. The first-order valence-electron chi connectivity index (χ1n) is 9.14. The Hall–Kier alpha value is -0.820. The fourth-order valence-corrected chi connectivity index (χ4v) is 2.71. The summed E-state index contributed by atoms with van der Waals surface area (Å²) in [5, 5.41) is 6.80. The lowest BCUT2D eigenvalue weighted by molar-refractivity contribution is 0.268. The van der Waals surface area contributed by atoms with E-state index in [2.05, 4.69) is 73.5 Å². The Labute approximate surface area is 171 Å². The fraction of sp³-hybridized carbons (Fsp3) is 0.650. The number of rotatable bonds is 9. The Morgan fingerprint density at radius 3 is 2.20 bits per heavy atom. The molecule has 0 aliphatic carbocycles. The Balaban J connectivity index is 0.00000576. The first kappa shape index (κ1) is 24.2. The van der Waals surface area contributed by atoms with Crippen LogP contribution in [0.2, 0.25) is 0 Å². The normalized spacial score (nSPS) is 11.6. The topological polar surface area (TPSA) is 39.7 Å². The summed E-state index contributed by atoms with van der Waals surface area (Å²) in [4.78, 5) is 6.69. The van der Waals surface area contributed by atoms with Crippen molar-refractivity contribution in [1.82, 2.24) is 15.5 Å². The van der Waals surface area contributed by atoms with Crippen molar-refractivity contribution in [3.63, 3.8) is 0 Å². The van der Waals surface area contributed by atoms with Crippen molar-refractivity contribution >= 4 is 29.9 Å². The van der Waals surface area contributed by atoms with Gasteiger partial charge in [-0.1, -0.05) is 29.3 Å². The second-order valence-corrected chi connectivity index (χ2v) is 6.95. The average Bonchev–Trinajstić information content (AvgIpc) is 2.51. The molecule has 5 heteroatoms. The van der Waals surface area contributed by atoms with Crippen molar-refractivity contribution in [2.45, 2.75) is 53.0 Å². The van der Waals surface area contributed by atoms with E-state index in [4.69, 9.17) is 0 Å². The third-order valence-corrected chi connectivity index (χ3v) is 4.32. The summed E-state index contributed by atoms with van der Waals surface area (Å²) in [6.45, 7) is 11.8. The Bertz CT molecular complexity index is 494. The summed E-state index contributed by atoms with van der Waals surface area (Å²) in [5.74, 6) is 0.900. The summed E-state index contributed by atoms with van der Waals surface area (Å²) >= 11 is 0. The van der Waals surface area contributed by atoms with E-state index in [0.29, 0.717) is 6.04 Å². The molecule has 25 heavy (non-hydrogen) atoms. The van der Waals surface area contributed by atoms with E-state index in [-0.39, 0.29) is 24.0 Å². The fourth-order valence-electron chi connectivity index (χ4n) is 2.71. The number of hydrogen-bond donors (Lipinski definition) is 2. The van der Waals surface area contributed by atoms with Crippen molar-refractivity contribution in [2.75, 3.05) is 33.7 Å². The first-order chi connectivity index (χ1) is 11.4. The average molecular weight is 460 g/mol. The van der Waals surface area contributed by atoms with Crippen LogP contribution in [0.25, 0.3) is 0 Å². The van der Waals surface area contributed by atoms with E-state index < -0.39 is 0 Å². The first-order valence-corrected chi connectivity index (χ1v) is 9.14. The van der Waals surface area contributed by atoms with Crippen LogP contribution >= 0.6 is 24.0 Å². The van der Waals surface area contributed by atoms with Gasteiger partial charge in [-0.05, 0) is 66.1 Å². The Morgan fingerprint density at radius 1 is 1.04 bits per heavy atom. The van der Waals surface area contributed by atoms with Crippen molar-refractivity contribution in [3.8, 4) is 0 Å². The summed E-state index contributed by atoms with van der Waals surface area (Å²) in [6, 6.07) is 7.36. The minimum Gasteiger partial charge on any atom is -0.356 e. The van der Waals surface area contributed by atoms with Gasteiger partial charge in [0.15, 0.2) is 5.96 Å². The van der Waals surface area contributed by atoms with Crippen LogP contribution in [-0.4, -0.2) is 50.6 Å². The van der Waals surface area contributed by atoms with Crippen LogP contribution in [0.5, 0.6) is 0 Å². The molecule has 0 aliphatic rings. The SMILES string of the molecule is CN=C(NCCCCN(C)C(C)C)NCCc1cc(C)cc(C)c1.I. The summed E-state index contributed by atoms with van der Waals surface area (Å²) in [6.07, 6.45) is 3.39. The Kier molecular flexibility index (Phi) is 13.0. The van der Waals surface area contributed by atoms with Crippen LogP contribution in [0.15, 0.2) is 23.2 Å². The molecule has 1 rings (SSSR count). The summed E-state index contributed by atoms with van der Waals surface area (Å²) < 4.78 is 0. The maximum atomic E-state index is 4.30. The van der Waals surface area contributed by atoms with E-state index >= 15 is 0 Å². The van der Waals surface area contributed by atoms with Crippen LogP contribution in [0, 0.1) is 13.8 Å². The molecule has 0 radical (unpaired) electrons. The third kappa shape index (κ3) is 10.7. The summed E-state index contributed by atoms with van der Waals surface area (Å²) in [5.41, 5.74) is 4.05. The number of aryl methyl sites for hydroxylation is 2. The van der Waals surface area contributed by atoms with Gasteiger partial charge in [0.05, 0.1) is 0 Å². The molecule has 0 bridgehead atoms. The van der Waals surface area contributed by atoms with Gasteiger partial charge < -0.3 is 15.5 Å². The molecule has 0 aliphatic heterocycles. The van der Waals surface area contributed by atoms with Crippen LogP contribution in [0.1, 0.15) is 43.4 Å². The highest BCUT2D eigenvalue weighted by molar-refractivity contribution is 14.0. The molecule has 1 aromatic carbocycles. The molecule has 0 saturated carbocycles.